The molecule has 1 rings (SSSR count). The summed E-state index contributed by atoms with van der Waals surface area (Å²) in [6.07, 6.45) is 3.77. The van der Waals surface area contributed by atoms with E-state index in [1.807, 2.05) is 0 Å². The zero-order chi connectivity index (χ0) is 6.69. The lowest BCUT2D eigenvalue weighted by molar-refractivity contribution is 0.211. The lowest BCUT2D eigenvalue weighted by Crippen LogP contribution is -2.40. The third-order valence-electron chi connectivity index (χ3n) is 1.72. The molecule has 3 heteroatoms. The first-order chi connectivity index (χ1) is 4.33. The fraction of sp³-hybridized carbons (Fsp3) is 0.833. The van der Waals surface area contributed by atoms with Gasteiger partial charge in [0, 0.05) is 19.0 Å². The quantitative estimate of drug-likeness (QED) is 0.391. The van der Waals surface area contributed by atoms with Crippen LogP contribution in [0.4, 0.5) is 0 Å². The summed E-state index contributed by atoms with van der Waals surface area (Å²) in [6, 6.07) is 0. The van der Waals surface area contributed by atoms with Crippen LogP contribution in [0.15, 0.2) is 0 Å². The number of hydrogen-bond donors (Lipinski definition) is 2. The molecule has 1 aliphatic heterocycles. The van der Waals surface area contributed by atoms with Crippen LogP contribution in [0.1, 0.15) is 12.8 Å². The second kappa shape index (κ2) is 2.94. The molecule has 1 atom stereocenters. The van der Waals surface area contributed by atoms with Crippen LogP contribution in [0.25, 0.3) is 0 Å². The van der Waals surface area contributed by atoms with Crippen molar-refractivity contribution in [1.29, 1.82) is 5.41 Å². The zero-order valence-corrected chi connectivity index (χ0v) is 5.51. The Kier molecular flexibility index (Phi) is 2.19. The van der Waals surface area contributed by atoms with Crippen molar-refractivity contribution in [1.82, 2.24) is 5.01 Å². The van der Waals surface area contributed by atoms with Gasteiger partial charge in [-0.25, -0.2) is 5.01 Å². The molecule has 3 nitrogen and oxygen atoms in total. The van der Waals surface area contributed by atoms with Crippen molar-refractivity contribution in [2.75, 3.05) is 13.1 Å². The molecule has 0 aromatic rings. The van der Waals surface area contributed by atoms with Crippen molar-refractivity contribution in [3.8, 4) is 0 Å². The summed E-state index contributed by atoms with van der Waals surface area (Å²) >= 11 is 0. The Labute approximate surface area is 55.3 Å². The van der Waals surface area contributed by atoms with E-state index in [-0.39, 0.29) is 0 Å². The highest BCUT2D eigenvalue weighted by atomic mass is 15.4. The second-order valence-corrected chi connectivity index (χ2v) is 2.56. The van der Waals surface area contributed by atoms with Crippen molar-refractivity contribution in [2.45, 2.75) is 12.8 Å². The average Bonchev–Trinajstić information content (AvgIpc) is 1.88. The molecule has 0 aliphatic carbocycles. The molecule has 1 unspecified atom stereocenters. The fourth-order valence-corrected chi connectivity index (χ4v) is 1.18. The number of nitrogens with one attached hydrogen (secondary N) is 1. The minimum Gasteiger partial charge on any atom is -0.313 e. The van der Waals surface area contributed by atoms with Crippen molar-refractivity contribution >= 4 is 6.21 Å². The normalized spacial score (nSPS) is 30.1. The van der Waals surface area contributed by atoms with Crippen LogP contribution in [0.5, 0.6) is 0 Å². The summed E-state index contributed by atoms with van der Waals surface area (Å²) in [5, 5.41) is 8.77. The van der Waals surface area contributed by atoms with Gasteiger partial charge in [0.05, 0.1) is 0 Å². The summed E-state index contributed by atoms with van der Waals surface area (Å²) in [4.78, 5) is 0. The monoisotopic (exact) mass is 127 g/mol. The number of hydrazine groups is 1. The summed E-state index contributed by atoms with van der Waals surface area (Å²) in [5.74, 6) is 5.94. The lowest BCUT2D eigenvalue weighted by atomic mass is 10.0. The summed E-state index contributed by atoms with van der Waals surface area (Å²) in [7, 11) is 0. The molecule has 1 fully saturated rings. The Hall–Kier alpha value is -0.410. The molecular weight excluding hydrogens is 114 g/mol. The van der Waals surface area contributed by atoms with E-state index in [1.165, 1.54) is 6.21 Å². The summed E-state index contributed by atoms with van der Waals surface area (Å²) in [5.41, 5.74) is 0. The maximum atomic E-state index is 6.98. The van der Waals surface area contributed by atoms with E-state index in [2.05, 4.69) is 0 Å². The van der Waals surface area contributed by atoms with Gasteiger partial charge in [0.1, 0.15) is 0 Å². The van der Waals surface area contributed by atoms with Crippen molar-refractivity contribution in [3.05, 3.63) is 0 Å². The number of piperidine rings is 1. The number of hydrogen-bond acceptors (Lipinski definition) is 3. The highest BCUT2D eigenvalue weighted by molar-refractivity contribution is 5.57. The molecule has 1 saturated heterocycles. The van der Waals surface area contributed by atoms with E-state index < -0.39 is 0 Å². The van der Waals surface area contributed by atoms with Gasteiger partial charge in [-0.05, 0) is 19.1 Å². The molecule has 1 heterocycles. The Morgan fingerprint density at radius 3 is 2.89 bits per heavy atom. The lowest BCUT2D eigenvalue weighted by Gasteiger charge is -2.26. The predicted molar refractivity (Wildman–Crippen MR) is 37.3 cm³/mol. The Morgan fingerprint density at radius 2 is 2.44 bits per heavy atom. The van der Waals surface area contributed by atoms with Crippen LogP contribution in [-0.2, 0) is 0 Å². The first-order valence-electron chi connectivity index (χ1n) is 3.33. The summed E-state index contributed by atoms with van der Waals surface area (Å²) in [6.45, 7) is 1.86. The Bertz CT molecular complexity index is 102. The molecule has 0 bridgehead atoms. The highest BCUT2D eigenvalue weighted by Crippen LogP contribution is 2.10. The van der Waals surface area contributed by atoms with Gasteiger partial charge in [-0.1, -0.05) is 0 Å². The van der Waals surface area contributed by atoms with Crippen LogP contribution < -0.4 is 5.84 Å². The maximum Gasteiger partial charge on any atom is 0.0206 e. The topological polar surface area (TPSA) is 53.1 Å². The van der Waals surface area contributed by atoms with E-state index in [1.54, 1.807) is 5.01 Å². The van der Waals surface area contributed by atoms with Gasteiger partial charge >= 0.3 is 0 Å². The molecule has 0 aromatic carbocycles. The van der Waals surface area contributed by atoms with Crippen molar-refractivity contribution in [3.63, 3.8) is 0 Å². The zero-order valence-electron chi connectivity index (χ0n) is 5.51. The molecule has 0 amide bonds. The van der Waals surface area contributed by atoms with Gasteiger partial charge in [-0.2, -0.15) is 0 Å². The molecule has 9 heavy (non-hydrogen) atoms. The van der Waals surface area contributed by atoms with Crippen LogP contribution in [0.2, 0.25) is 0 Å². The smallest absolute Gasteiger partial charge is 0.0206 e. The number of nitrogens with zero attached hydrogens (tertiary/aromatic N) is 1. The molecule has 0 saturated carbocycles. The van der Waals surface area contributed by atoms with Gasteiger partial charge in [-0.15, -0.1) is 0 Å². The fourth-order valence-electron chi connectivity index (χ4n) is 1.18. The Morgan fingerprint density at radius 1 is 1.67 bits per heavy atom. The molecule has 1 aliphatic rings. The third-order valence-corrected chi connectivity index (χ3v) is 1.72. The molecular formula is C6H13N3. The first kappa shape index (κ1) is 6.71. The Balaban J connectivity index is 2.31. The van der Waals surface area contributed by atoms with Crippen molar-refractivity contribution in [2.24, 2.45) is 11.8 Å². The van der Waals surface area contributed by atoms with E-state index in [0.717, 1.165) is 25.9 Å². The van der Waals surface area contributed by atoms with Crippen LogP contribution in [0.3, 0.4) is 0 Å². The predicted octanol–water partition coefficient (Wildman–Crippen LogP) is 0.222. The van der Waals surface area contributed by atoms with Crippen molar-refractivity contribution < 1.29 is 0 Å². The molecule has 52 valence electrons. The van der Waals surface area contributed by atoms with E-state index in [0.29, 0.717) is 5.92 Å². The minimum atomic E-state index is 0.406. The molecule has 3 N–H and O–H groups in total. The van der Waals surface area contributed by atoms with Gasteiger partial charge in [0.2, 0.25) is 0 Å². The van der Waals surface area contributed by atoms with E-state index >= 15 is 0 Å². The standard InChI is InChI=1S/C6H13N3/c7-4-6-2-1-3-9(8)5-6/h4,6-7H,1-3,5,8H2. The van der Waals surface area contributed by atoms with E-state index in [4.69, 9.17) is 11.3 Å². The van der Waals surface area contributed by atoms with Crippen LogP contribution >= 0.6 is 0 Å². The number of rotatable bonds is 1. The molecule has 0 aromatic heterocycles. The van der Waals surface area contributed by atoms with E-state index in [9.17, 15) is 0 Å². The highest BCUT2D eigenvalue weighted by Gasteiger charge is 2.14. The van der Waals surface area contributed by atoms with Crippen LogP contribution in [-0.4, -0.2) is 24.3 Å². The van der Waals surface area contributed by atoms with Crippen LogP contribution in [0, 0.1) is 11.3 Å². The third kappa shape index (κ3) is 1.77. The maximum absolute atomic E-state index is 6.98. The van der Waals surface area contributed by atoms with Gasteiger partial charge in [0.25, 0.3) is 0 Å². The number of nitrogens with two attached hydrogens (primary N) is 1. The summed E-state index contributed by atoms with van der Waals surface area (Å²) < 4.78 is 0. The van der Waals surface area contributed by atoms with Gasteiger partial charge < -0.3 is 5.41 Å². The first-order valence-corrected chi connectivity index (χ1v) is 3.33. The molecule has 0 spiro atoms. The average molecular weight is 127 g/mol. The minimum absolute atomic E-state index is 0.406. The molecule has 0 radical (unpaired) electrons. The van der Waals surface area contributed by atoms with Gasteiger partial charge in [-0.3, -0.25) is 5.84 Å². The second-order valence-electron chi connectivity index (χ2n) is 2.56. The largest absolute Gasteiger partial charge is 0.313 e. The van der Waals surface area contributed by atoms with Gasteiger partial charge in [0.15, 0.2) is 0 Å². The SMILES string of the molecule is N=CC1CCCN(N)C1.